The Kier molecular flexibility index (Phi) is 7.09. The van der Waals surface area contributed by atoms with Gasteiger partial charge in [-0.3, -0.25) is 4.79 Å². The summed E-state index contributed by atoms with van der Waals surface area (Å²) < 4.78 is 0. The van der Waals surface area contributed by atoms with E-state index >= 15 is 0 Å². The number of hydrogen-bond donors (Lipinski definition) is 1. The van der Waals surface area contributed by atoms with Crippen LogP contribution in [0.5, 0.6) is 0 Å². The number of fused-ring (bicyclic) bond motifs is 2. The van der Waals surface area contributed by atoms with Gasteiger partial charge in [0.05, 0.1) is 0 Å². The highest BCUT2D eigenvalue weighted by Gasteiger charge is 2.40. The molecular weight excluding hydrogens is 292 g/mol. The third-order valence-corrected chi connectivity index (χ3v) is 4.76. The third kappa shape index (κ3) is 3.16. The molecule has 2 atom stereocenters. The quantitative estimate of drug-likeness (QED) is 0.834. The first-order chi connectivity index (χ1) is 8.61. The molecule has 2 aliphatic rings. The molecule has 0 saturated carbocycles. The van der Waals surface area contributed by atoms with Gasteiger partial charge >= 0.3 is 0 Å². The predicted octanol–water partition coefficient (Wildman–Crippen LogP) is 0.965. The number of aromatic nitrogens is 1. The Labute approximate surface area is 132 Å². The second kappa shape index (κ2) is 7.40. The maximum absolute atomic E-state index is 12.7. The molecular formula is C15H27ClN2O3. The summed E-state index contributed by atoms with van der Waals surface area (Å²) in [5.74, 6) is 1.19. The number of likely N-dealkylation sites (tertiary alicyclic amines) is 1. The molecule has 3 rings (SSSR count). The van der Waals surface area contributed by atoms with Crippen LogP contribution in [-0.4, -0.2) is 46.8 Å². The largest absolute Gasteiger partial charge is 0.412 e. The molecule has 1 aliphatic heterocycles. The van der Waals surface area contributed by atoms with E-state index in [1.807, 2.05) is 0 Å². The predicted molar refractivity (Wildman–Crippen MR) is 86.5 cm³/mol. The van der Waals surface area contributed by atoms with E-state index in [1.54, 1.807) is 0 Å². The fourth-order valence-corrected chi connectivity index (χ4v) is 3.78. The highest BCUT2D eigenvalue weighted by molar-refractivity contribution is 6.02. The van der Waals surface area contributed by atoms with Gasteiger partial charge in [0.2, 0.25) is 0 Å². The van der Waals surface area contributed by atoms with E-state index in [1.165, 1.54) is 17.0 Å². The van der Waals surface area contributed by atoms with Crippen molar-refractivity contribution in [3.8, 4) is 0 Å². The molecule has 5 nitrogen and oxygen atoms in total. The molecule has 122 valence electrons. The molecule has 0 radical (unpaired) electrons. The standard InChI is InChI=1S/C15H22N2O.ClH.2H2O/c1-4-11-9(2)16-13-7-10-5-6-17(3)8-12(10)15(18)14(11)13;;;/h10,12,16H,4-8H2,1-3H3;1H;2*1H2. The van der Waals surface area contributed by atoms with Crippen molar-refractivity contribution in [2.75, 3.05) is 20.1 Å². The number of aromatic amines is 1. The number of nitrogens with one attached hydrogen (secondary N) is 1. The molecule has 2 unspecified atom stereocenters. The number of piperidine rings is 1. The number of carbonyl (C=O) groups is 1. The molecule has 21 heavy (non-hydrogen) atoms. The van der Waals surface area contributed by atoms with Gasteiger partial charge in [0.1, 0.15) is 0 Å². The Balaban J connectivity index is 0.00000133. The highest BCUT2D eigenvalue weighted by atomic mass is 35.5. The van der Waals surface area contributed by atoms with Crippen molar-refractivity contribution in [1.82, 2.24) is 9.88 Å². The molecule has 0 bridgehead atoms. The van der Waals surface area contributed by atoms with E-state index in [9.17, 15) is 4.79 Å². The number of halogens is 1. The summed E-state index contributed by atoms with van der Waals surface area (Å²) in [5.41, 5.74) is 4.69. The Hall–Kier alpha value is -0.880. The van der Waals surface area contributed by atoms with E-state index in [2.05, 4.69) is 30.8 Å². The van der Waals surface area contributed by atoms with Crippen LogP contribution in [0.1, 0.15) is 40.7 Å². The summed E-state index contributed by atoms with van der Waals surface area (Å²) in [5, 5.41) is 0. The second-order valence-electron chi connectivity index (χ2n) is 5.92. The van der Waals surface area contributed by atoms with E-state index in [4.69, 9.17) is 0 Å². The average molecular weight is 319 g/mol. The highest BCUT2D eigenvalue weighted by Crippen LogP contribution is 2.37. The van der Waals surface area contributed by atoms with Crippen LogP contribution in [0, 0.1) is 18.8 Å². The van der Waals surface area contributed by atoms with Gasteiger partial charge in [-0.1, -0.05) is 6.92 Å². The lowest BCUT2D eigenvalue weighted by Gasteiger charge is -2.38. The second-order valence-corrected chi connectivity index (χ2v) is 5.92. The fourth-order valence-electron chi connectivity index (χ4n) is 3.78. The fraction of sp³-hybridized carbons (Fsp3) is 0.667. The minimum atomic E-state index is 0. The lowest BCUT2D eigenvalue weighted by atomic mass is 9.73. The van der Waals surface area contributed by atoms with Crippen molar-refractivity contribution in [2.24, 2.45) is 11.8 Å². The van der Waals surface area contributed by atoms with E-state index in [-0.39, 0.29) is 29.3 Å². The smallest absolute Gasteiger partial charge is 0.169 e. The molecule has 1 saturated heterocycles. The number of Topliss-reactive ketones (excluding diaryl/α,β-unsaturated/α-hetero) is 1. The van der Waals surface area contributed by atoms with E-state index in [0.717, 1.165) is 37.9 Å². The summed E-state index contributed by atoms with van der Waals surface area (Å²) in [7, 11) is 2.13. The van der Waals surface area contributed by atoms with Crippen LogP contribution in [0.4, 0.5) is 0 Å². The summed E-state index contributed by atoms with van der Waals surface area (Å²) >= 11 is 0. The van der Waals surface area contributed by atoms with Crippen LogP contribution in [-0.2, 0) is 12.8 Å². The van der Waals surface area contributed by atoms with Gasteiger partial charge < -0.3 is 20.8 Å². The molecule has 1 aromatic heterocycles. The van der Waals surface area contributed by atoms with Crippen LogP contribution in [0.3, 0.4) is 0 Å². The molecule has 0 aromatic carbocycles. The lowest BCUT2D eigenvalue weighted by Crippen LogP contribution is -2.45. The third-order valence-electron chi connectivity index (χ3n) is 4.76. The molecule has 2 heterocycles. The first-order valence-corrected chi connectivity index (χ1v) is 7.04. The number of aryl methyl sites for hydroxylation is 1. The van der Waals surface area contributed by atoms with Crippen molar-refractivity contribution >= 4 is 18.2 Å². The molecule has 1 fully saturated rings. The van der Waals surface area contributed by atoms with Crippen molar-refractivity contribution in [1.29, 1.82) is 0 Å². The van der Waals surface area contributed by atoms with Gasteiger partial charge in [-0.2, -0.15) is 0 Å². The zero-order chi connectivity index (χ0) is 12.9. The van der Waals surface area contributed by atoms with Crippen molar-refractivity contribution < 1.29 is 15.7 Å². The summed E-state index contributed by atoms with van der Waals surface area (Å²) in [6.07, 6.45) is 3.18. The first kappa shape index (κ1) is 20.1. The maximum Gasteiger partial charge on any atom is 0.169 e. The molecule has 1 aliphatic carbocycles. The zero-order valence-electron chi connectivity index (χ0n) is 13.0. The monoisotopic (exact) mass is 318 g/mol. The average Bonchev–Trinajstić information content (AvgIpc) is 2.66. The maximum atomic E-state index is 12.7. The van der Waals surface area contributed by atoms with Gasteiger partial charge in [-0.25, -0.2) is 0 Å². The molecule has 1 aromatic rings. The number of nitrogens with zero attached hydrogens (tertiary/aromatic N) is 1. The van der Waals surface area contributed by atoms with Crippen molar-refractivity contribution in [2.45, 2.75) is 33.1 Å². The summed E-state index contributed by atoms with van der Waals surface area (Å²) in [6.45, 7) is 6.31. The van der Waals surface area contributed by atoms with Gasteiger partial charge in [-0.15, -0.1) is 12.4 Å². The van der Waals surface area contributed by atoms with Crippen LogP contribution in [0.2, 0.25) is 0 Å². The number of carbonyl (C=O) groups excluding carboxylic acids is 1. The van der Waals surface area contributed by atoms with Gasteiger partial charge in [0.15, 0.2) is 5.78 Å². The van der Waals surface area contributed by atoms with Crippen molar-refractivity contribution in [3.05, 3.63) is 22.5 Å². The summed E-state index contributed by atoms with van der Waals surface area (Å²) in [6, 6.07) is 0. The molecule has 5 N–H and O–H groups in total. The Morgan fingerprint density at radius 3 is 2.62 bits per heavy atom. The Morgan fingerprint density at radius 1 is 1.33 bits per heavy atom. The van der Waals surface area contributed by atoms with E-state index < -0.39 is 0 Å². The topological polar surface area (TPSA) is 99.1 Å². The van der Waals surface area contributed by atoms with Crippen LogP contribution in [0.25, 0.3) is 0 Å². The lowest BCUT2D eigenvalue weighted by molar-refractivity contribution is 0.0705. The zero-order valence-corrected chi connectivity index (χ0v) is 13.8. The molecule has 6 heteroatoms. The van der Waals surface area contributed by atoms with Gasteiger partial charge in [-0.05, 0) is 51.3 Å². The van der Waals surface area contributed by atoms with Gasteiger partial charge in [0.25, 0.3) is 0 Å². The normalized spacial score (nSPS) is 24.0. The van der Waals surface area contributed by atoms with Crippen LogP contribution in [0.15, 0.2) is 0 Å². The number of hydrogen-bond acceptors (Lipinski definition) is 2. The van der Waals surface area contributed by atoms with Crippen LogP contribution < -0.4 is 0 Å². The number of rotatable bonds is 1. The molecule has 0 amide bonds. The minimum Gasteiger partial charge on any atom is -0.412 e. The SMILES string of the molecule is CCc1c(C)[nH]c2c1C(=O)C1CN(C)CCC1C2.Cl.O.O. The van der Waals surface area contributed by atoms with Crippen LogP contribution >= 0.6 is 12.4 Å². The number of H-pyrrole nitrogens is 1. The van der Waals surface area contributed by atoms with E-state index in [0.29, 0.717) is 11.7 Å². The minimum absolute atomic E-state index is 0. The van der Waals surface area contributed by atoms with Crippen molar-refractivity contribution in [3.63, 3.8) is 0 Å². The number of ketones is 1. The van der Waals surface area contributed by atoms with Gasteiger partial charge in [0, 0.05) is 29.4 Å². The Morgan fingerprint density at radius 2 is 2.00 bits per heavy atom. The summed E-state index contributed by atoms with van der Waals surface area (Å²) in [4.78, 5) is 18.5. The Bertz CT molecular complexity index is 501. The molecule has 0 spiro atoms. The first-order valence-electron chi connectivity index (χ1n) is 7.04.